The van der Waals surface area contributed by atoms with Crippen molar-refractivity contribution in [2.45, 2.75) is 33.2 Å². The van der Waals surface area contributed by atoms with E-state index in [9.17, 15) is 4.79 Å². The summed E-state index contributed by atoms with van der Waals surface area (Å²) in [6.07, 6.45) is 0. The van der Waals surface area contributed by atoms with E-state index in [4.69, 9.17) is 29.6 Å². The van der Waals surface area contributed by atoms with E-state index in [0.29, 0.717) is 10.9 Å². The molecule has 0 atom stereocenters. The maximum Gasteiger partial charge on any atom is 0.325 e. The van der Waals surface area contributed by atoms with Crippen LogP contribution in [0.1, 0.15) is 27.7 Å². The van der Waals surface area contributed by atoms with Gasteiger partial charge in [0.1, 0.15) is 6.54 Å². The van der Waals surface area contributed by atoms with Gasteiger partial charge in [-0.25, -0.2) is 0 Å². The third-order valence-corrected chi connectivity index (χ3v) is 2.06. The van der Waals surface area contributed by atoms with Gasteiger partial charge in [0, 0.05) is 5.54 Å². The molecule has 0 unspecified atom stereocenters. The van der Waals surface area contributed by atoms with Gasteiger partial charge in [-0.1, -0.05) is 4.32 Å². The first-order chi connectivity index (χ1) is 6.29. The number of thiocarbonyl (C=S) groups is 1. The predicted molar refractivity (Wildman–Crippen MR) is 63.1 cm³/mol. The molecule has 0 aliphatic heterocycles. The Morgan fingerprint density at radius 3 is 2.29 bits per heavy atom. The van der Waals surface area contributed by atoms with E-state index < -0.39 is 0 Å². The fourth-order valence-electron chi connectivity index (χ4n) is 0.911. The Morgan fingerprint density at radius 2 is 2.00 bits per heavy atom. The SMILES string of the molecule is CCOC(=O)CN(C(=S)[S-])C(C)(C)C. The summed E-state index contributed by atoms with van der Waals surface area (Å²) in [5.41, 5.74) is -0.244. The van der Waals surface area contributed by atoms with Crippen LogP contribution in [0.25, 0.3) is 0 Å². The summed E-state index contributed by atoms with van der Waals surface area (Å²) in [6.45, 7) is 8.12. The first kappa shape index (κ1) is 13.6. The maximum absolute atomic E-state index is 11.2. The number of carbonyl (C=O) groups is 1. The number of rotatable bonds is 3. The van der Waals surface area contributed by atoms with E-state index in [1.54, 1.807) is 11.8 Å². The van der Waals surface area contributed by atoms with Gasteiger partial charge in [0.15, 0.2) is 0 Å². The largest absolute Gasteiger partial charge is 0.465 e. The van der Waals surface area contributed by atoms with Crippen molar-refractivity contribution < 1.29 is 9.53 Å². The molecule has 0 aliphatic rings. The zero-order valence-electron chi connectivity index (χ0n) is 8.99. The summed E-state index contributed by atoms with van der Waals surface area (Å²) >= 11 is 9.80. The number of carbonyl (C=O) groups excluding carboxylic acids is 1. The van der Waals surface area contributed by atoms with Crippen molar-refractivity contribution in [2.75, 3.05) is 13.2 Å². The number of ether oxygens (including phenoxy) is 1. The Kier molecular flexibility index (Phi) is 5.29. The van der Waals surface area contributed by atoms with Gasteiger partial charge >= 0.3 is 5.97 Å². The molecule has 0 radical (unpaired) electrons. The van der Waals surface area contributed by atoms with Crippen LogP contribution in [-0.4, -0.2) is 33.9 Å². The molecule has 0 fully saturated rings. The van der Waals surface area contributed by atoms with Gasteiger partial charge in [-0.3, -0.25) is 4.79 Å². The Balaban J connectivity index is 4.40. The lowest BCUT2D eigenvalue weighted by molar-refractivity contribution is -0.144. The molecule has 82 valence electrons. The van der Waals surface area contributed by atoms with Gasteiger partial charge in [0.2, 0.25) is 0 Å². The van der Waals surface area contributed by atoms with Crippen molar-refractivity contribution in [3.8, 4) is 0 Å². The van der Waals surface area contributed by atoms with Gasteiger partial charge in [-0.2, -0.15) is 0 Å². The molecule has 0 bridgehead atoms. The van der Waals surface area contributed by atoms with Gasteiger partial charge in [0.25, 0.3) is 0 Å². The molecule has 5 heteroatoms. The normalized spacial score (nSPS) is 10.9. The van der Waals surface area contributed by atoms with E-state index >= 15 is 0 Å². The standard InChI is InChI=1S/C9H17NO2S2/c1-5-12-7(11)6-10(8(13)14)9(2,3)4/h5-6H2,1-4H3,(H,13,14)/p-1. The summed E-state index contributed by atoms with van der Waals surface area (Å²) < 4.78 is 5.13. The van der Waals surface area contributed by atoms with Crippen LogP contribution in [0.5, 0.6) is 0 Å². The average Bonchev–Trinajstić information content (AvgIpc) is 1.98. The predicted octanol–water partition coefficient (Wildman–Crippen LogP) is 1.48. The van der Waals surface area contributed by atoms with E-state index in [1.165, 1.54) is 0 Å². The monoisotopic (exact) mass is 234 g/mol. The van der Waals surface area contributed by atoms with Gasteiger partial charge < -0.3 is 34.5 Å². The lowest BCUT2D eigenvalue weighted by atomic mass is 10.1. The van der Waals surface area contributed by atoms with Gasteiger partial charge in [0.05, 0.1) is 6.61 Å². The van der Waals surface area contributed by atoms with E-state index in [-0.39, 0.29) is 18.1 Å². The van der Waals surface area contributed by atoms with E-state index in [2.05, 4.69) is 0 Å². The van der Waals surface area contributed by atoms with Gasteiger partial charge in [-0.15, -0.1) is 0 Å². The van der Waals surface area contributed by atoms with Crippen LogP contribution in [0.2, 0.25) is 0 Å². The summed E-state index contributed by atoms with van der Waals surface area (Å²) in [6, 6.07) is 0. The fraction of sp³-hybridized carbons (Fsp3) is 0.778. The van der Waals surface area contributed by atoms with Gasteiger partial charge in [-0.05, 0) is 27.7 Å². The highest BCUT2D eigenvalue weighted by Gasteiger charge is 2.21. The third-order valence-electron chi connectivity index (χ3n) is 1.62. The Morgan fingerprint density at radius 1 is 1.50 bits per heavy atom. The summed E-state index contributed by atoms with van der Waals surface area (Å²) in [7, 11) is 0. The second-order valence-corrected chi connectivity index (χ2v) is 4.86. The zero-order valence-corrected chi connectivity index (χ0v) is 10.6. The van der Waals surface area contributed by atoms with Crippen LogP contribution >= 0.6 is 12.2 Å². The molecule has 0 rings (SSSR count). The molecule has 0 amide bonds. The highest BCUT2D eigenvalue weighted by Crippen LogP contribution is 2.13. The molecule has 0 aromatic carbocycles. The number of hydrogen-bond acceptors (Lipinski definition) is 4. The molecular formula is C9H16NO2S2-. The van der Waals surface area contributed by atoms with Crippen molar-refractivity contribution in [2.24, 2.45) is 0 Å². The molecule has 0 spiro atoms. The third kappa shape index (κ3) is 4.72. The van der Waals surface area contributed by atoms with E-state index in [1.807, 2.05) is 20.8 Å². The Bertz CT molecular complexity index is 223. The molecule has 3 nitrogen and oxygen atoms in total. The Hall–Kier alpha value is -0.420. The average molecular weight is 234 g/mol. The first-order valence-electron chi connectivity index (χ1n) is 4.43. The molecule has 14 heavy (non-hydrogen) atoms. The molecule has 0 aromatic heterocycles. The quantitative estimate of drug-likeness (QED) is 0.419. The molecule has 0 aromatic rings. The second kappa shape index (κ2) is 5.46. The van der Waals surface area contributed by atoms with Crippen LogP contribution in [0, 0.1) is 0 Å². The van der Waals surface area contributed by atoms with Crippen molar-refractivity contribution in [1.29, 1.82) is 0 Å². The van der Waals surface area contributed by atoms with Crippen molar-refractivity contribution in [3.63, 3.8) is 0 Å². The Labute approximate surface area is 96.2 Å². The van der Waals surface area contributed by atoms with Crippen LogP contribution in [0.4, 0.5) is 0 Å². The number of nitrogens with zero attached hydrogens (tertiary/aromatic N) is 1. The van der Waals surface area contributed by atoms with E-state index in [0.717, 1.165) is 0 Å². The summed E-state index contributed by atoms with van der Waals surface area (Å²) in [5.74, 6) is -0.297. The minimum atomic E-state index is -0.297. The lowest BCUT2D eigenvalue weighted by Gasteiger charge is -2.39. The lowest BCUT2D eigenvalue weighted by Crippen LogP contribution is -2.47. The second-order valence-electron chi connectivity index (χ2n) is 3.83. The van der Waals surface area contributed by atoms with Crippen LogP contribution in [-0.2, 0) is 22.2 Å². The van der Waals surface area contributed by atoms with Crippen molar-refractivity contribution in [1.82, 2.24) is 4.90 Å². The smallest absolute Gasteiger partial charge is 0.325 e. The molecule has 0 N–H and O–H groups in total. The molecule has 0 saturated heterocycles. The summed E-state index contributed by atoms with van der Waals surface area (Å²) in [4.78, 5) is 12.9. The zero-order chi connectivity index (χ0) is 11.4. The minimum Gasteiger partial charge on any atom is -0.465 e. The molecule has 0 heterocycles. The van der Waals surface area contributed by atoms with Crippen molar-refractivity contribution in [3.05, 3.63) is 0 Å². The van der Waals surface area contributed by atoms with Crippen LogP contribution in [0.3, 0.4) is 0 Å². The minimum absolute atomic E-state index is 0.125. The topological polar surface area (TPSA) is 29.5 Å². The number of hydrogen-bond donors (Lipinski definition) is 0. The van der Waals surface area contributed by atoms with Crippen LogP contribution < -0.4 is 0 Å². The highest BCUT2D eigenvalue weighted by molar-refractivity contribution is 8.00. The fourth-order valence-corrected chi connectivity index (χ4v) is 1.59. The molecule has 0 aliphatic carbocycles. The summed E-state index contributed by atoms with van der Waals surface area (Å²) in [5, 5.41) is 0. The molecule has 0 saturated carbocycles. The highest BCUT2D eigenvalue weighted by atomic mass is 32.1. The maximum atomic E-state index is 11.2. The first-order valence-corrected chi connectivity index (χ1v) is 5.25. The van der Waals surface area contributed by atoms with Crippen LogP contribution in [0.15, 0.2) is 0 Å². The molecular weight excluding hydrogens is 218 g/mol. The number of esters is 1. The van der Waals surface area contributed by atoms with Crippen molar-refractivity contribution >= 4 is 35.1 Å².